The van der Waals surface area contributed by atoms with Gasteiger partial charge in [0.15, 0.2) is 5.78 Å². The highest BCUT2D eigenvalue weighted by Crippen LogP contribution is 2.72. The maximum atomic E-state index is 13.1. The molecule has 5 rings (SSSR count). The largest absolute Gasteiger partial charge is 0.455 e. The van der Waals surface area contributed by atoms with Gasteiger partial charge in [0.25, 0.3) is 0 Å². The van der Waals surface area contributed by atoms with Crippen molar-refractivity contribution in [2.45, 2.75) is 86.2 Å². The van der Waals surface area contributed by atoms with Crippen LogP contribution in [0.15, 0.2) is 47.1 Å². The number of carbonyl (C=O) groups excluding carboxylic acids is 3. The van der Waals surface area contributed by atoms with Crippen LogP contribution >= 0.6 is 0 Å². The molecule has 1 aliphatic heterocycles. The van der Waals surface area contributed by atoms with E-state index in [1.807, 2.05) is 33.8 Å². The van der Waals surface area contributed by atoms with Crippen molar-refractivity contribution in [2.24, 2.45) is 39.4 Å². The van der Waals surface area contributed by atoms with Crippen molar-refractivity contribution in [3.05, 3.63) is 47.1 Å². The lowest BCUT2D eigenvalue weighted by molar-refractivity contribution is -0.227. The SMILES string of the molecule is COC1C=C([C@@H]2CC=C3[C@]4(C)[C@H](OC(=O)C=C(C)C)[C@H](O)C5C(C)(C)C(=O)C=C[C@]5(C)[C@H]4CC[C@]32C)C(=O)O1. The molecule has 0 amide bonds. The van der Waals surface area contributed by atoms with Crippen LogP contribution in [0.4, 0.5) is 0 Å². The quantitative estimate of drug-likeness (QED) is 0.310. The van der Waals surface area contributed by atoms with Crippen LogP contribution in [0.25, 0.3) is 0 Å². The van der Waals surface area contributed by atoms with Crippen LogP contribution in [0.5, 0.6) is 0 Å². The van der Waals surface area contributed by atoms with E-state index in [0.717, 1.165) is 24.0 Å². The molecule has 7 nitrogen and oxygen atoms in total. The van der Waals surface area contributed by atoms with Crippen LogP contribution in [0.3, 0.4) is 0 Å². The predicted molar refractivity (Wildman–Crippen MR) is 145 cm³/mol. The van der Waals surface area contributed by atoms with Crippen molar-refractivity contribution < 1.29 is 33.7 Å². The third kappa shape index (κ3) is 3.79. The molecule has 212 valence electrons. The lowest BCUT2D eigenvalue weighted by Crippen LogP contribution is -2.70. The minimum atomic E-state index is -1.06. The van der Waals surface area contributed by atoms with Gasteiger partial charge in [-0.3, -0.25) is 4.79 Å². The zero-order valence-corrected chi connectivity index (χ0v) is 24.4. The van der Waals surface area contributed by atoms with Gasteiger partial charge < -0.3 is 19.3 Å². The second-order valence-electron chi connectivity index (χ2n) is 13.7. The van der Waals surface area contributed by atoms with E-state index >= 15 is 0 Å². The van der Waals surface area contributed by atoms with E-state index in [1.165, 1.54) is 13.2 Å². The van der Waals surface area contributed by atoms with E-state index in [2.05, 4.69) is 26.8 Å². The fourth-order valence-electron chi connectivity index (χ4n) is 9.32. The number of allylic oxidation sites excluding steroid dienone is 4. The minimum Gasteiger partial charge on any atom is -0.455 e. The number of aliphatic hydroxyl groups excluding tert-OH is 1. The Morgan fingerprint density at radius 2 is 1.85 bits per heavy atom. The molecule has 4 aliphatic carbocycles. The minimum absolute atomic E-state index is 0.000774. The zero-order valence-electron chi connectivity index (χ0n) is 24.4. The molecule has 0 saturated heterocycles. The summed E-state index contributed by atoms with van der Waals surface area (Å²) in [6.45, 7) is 13.9. The molecule has 1 heterocycles. The summed E-state index contributed by atoms with van der Waals surface area (Å²) in [6.07, 6.45) is 8.77. The summed E-state index contributed by atoms with van der Waals surface area (Å²) in [5.41, 5.74) is 0.0999. The molecule has 2 fully saturated rings. The van der Waals surface area contributed by atoms with Crippen molar-refractivity contribution in [2.75, 3.05) is 7.11 Å². The van der Waals surface area contributed by atoms with Gasteiger partial charge in [-0.15, -0.1) is 0 Å². The topological polar surface area (TPSA) is 99.1 Å². The molecule has 0 aromatic carbocycles. The van der Waals surface area contributed by atoms with Crippen LogP contribution in [0.1, 0.15) is 67.7 Å². The Bertz CT molecular complexity index is 1230. The Morgan fingerprint density at radius 1 is 1.15 bits per heavy atom. The molecule has 0 radical (unpaired) electrons. The first-order valence-corrected chi connectivity index (χ1v) is 14.1. The van der Waals surface area contributed by atoms with E-state index in [-0.39, 0.29) is 23.6 Å². The van der Waals surface area contributed by atoms with Crippen LogP contribution in [-0.2, 0) is 28.6 Å². The predicted octanol–water partition coefficient (Wildman–Crippen LogP) is 4.85. The van der Waals surface area contributed by atoms with Crippen LogP contribution in [0, 0.1) is 39.4 Å². The number of fused-ring (bicyclic) bond motifs is 5. The average molecular weight is 539 g/mol. The molecule has 0 aromatic heterocycles. The van der Waals surface area contributed by atoms with Crippen molar-refractivity contribution in [1.82, 2.24) is 0 Å². The molecule has 0 aromatic rings. The molecule has 9 atom stereocenters. The fourth-order valence-corrected chi connectivity index (χ4v) is 9.32. The van der Waals surface area contributed by atoms with E-state index in [0.29, 0.717) is 12.0 Å². The molecule has 5 aliphatic rings. The van der Waals surface area contributed by atoms with E-state index in [4.69, 9.17) is 14.2 Å². The van der Waals surface area contributed by atoms with E-state index < -0.39 is 52.0 Å². The molecule has 7 heteroatoms. The van der Waals surface area contributed by atoms with E-state index in [9.17, 15) is 19.5 Å². The lowest BCUT2D eigenvalue weighted by Gasteiger charge is -2.67. The molecular formula is C32H42O7. The summed E-state index contributed by atoms with van der Waals surface area (Å²) in [5, 5.41) is 12.1. The highest BCUT2D eigenvalue weighted by molar-refractivity contribution is 5.96. The van der Waals surface area contributed by atoms with Gasteiger partial charge in [-0.05, 0) is 62.0 Å². The number of hydrogen-bond donors (Lipinski definition) is 1. The highest BCUT2D eigenvalue weighted by atomic mass is 16.7. The number of esters is 2. The Kier molecular flexibility index (Phi) is 6.47. The maximum absolute atomic E-state index is 13.1. The molecular weight excluding hydrogens is 496 g/mol. The average Bonchev–Trinajstić information content (AvgIpc) is 3.38. The monoisotopic (exact) mass is 538 g/mol. The highest BCUT2D eigenvalue weighted by Gasteiger charge is 2.71. The van der Waals surface area contributed by atoms with Gasteiger partial charge in [-0.25, -0.2) is 9.59 Å². The second-order valence-corrected chi connectivity index (χ2v) is 13.7. The Balaban J connectivity index is 1.65. The number of carbonyl (C=O) groups is 3. The van der Waals surface area contributed by atoms with Crippen LogP contribution in [-0.4, -0.2) is 48.4 Å². The van der Waals surface area contributed by atoms with Crippen molar-refractivity contribution in [1.29, 1.82) is 0 Å². The number of hydrogen-bond acceptors (Lipinski definition) is 7. The van der Waals surface area contributed by atoms with Gasteiger partial charge in [-0.2, -0.15) is 0 Å². The summed E-state index contributed by atoms with van der Waals surface area (Å²) < 4.78 is 16.9. The van der Waals surface area contributed by atoms with Gasteiger partial charge in [0.05, 0.1) is 6.10 Å². The van der Waals surface area contributed by atoms with E-state index in [1.54, 1.807) is 12.2 Å². The smallest absolute Gasteiger partial charge is 0.336 e. The lowest BCUT2D eigenvalue weighted by atomic mass is 9.37. The maximum Gasteiger partial charge on any atom is 0.336 e. The van der Waals surface area contributed by atoms with Crippen LogP contribution < -0.4 is 0 Å². The number of aliphatic hydroxyl groups is 1. The molecule has 2 unspecified atom stereocenters. The van der Waals surface area contributed by atoms with Gasteiger partial charge in [0, 0.05) is 41.4 Å². The first-order chi connectivity index (χ1) is 18.1. The zero-order chi connectivity index (χ0) is 28.7. The van der Waals surface area contributed by atoms with Crippen molar-refractivity contribution in [3.8, 4) is 0 Å². The van der Waals surface area contributed by atoms with Crippen molar-refractivity contribution in [3.63, 3.8) is 0 Å². The number of methoxy groups -OCH3 is 1. The summed E-state index contributed by atoms with van der Waals surface area (Å²) in [5.74, 6) is -1.40. The molecule has 2 saturated carbocycles. The van der Waals surface area contributed by atoms with Crippen molar-refractivity contribution >= 4 is 17.7 Å². The fraction of sp³-hybridized carbons (Fsp3) is 0.656. The number of ether oxygens (including phenoxy) is 3. The first kappa shape index (κ1) is 28.0. The molecule has 0 spiro atoms. The Morgan fingerprint density at radius 3 is 2.46 bits per heavy atom. The van der Waals surface area contributed by atoms with Gasteiger partial charge >= 0.3 is 11.9 Å². The van der Waals surface area contributed by atoms with Gasteiger partial charge in [0.1, 0.15) is 6.10 Å². The number of rotatable bonds is 4. The standard InChI is InChI=1S/C32H42O7/c1-17(2)15-23(34)38-27-25(35)26-29(3,4)22(33)12-14-31(26,6)21-11-13-30(5)19(9-10-20(30)32(21,27)7)18-16-24(37-8)39-28(18)36/h10,12,14-16,19,21,24-27,35H,9,11,13H2,1-8H3/t19-,21+,24?,25+,26?,27+,30-,31+,32-/m0/s1. The Hall–Kier alpha value is -2.51. The normalized spacial score (nSPS) is 43.9. The summed E-state index contributed by atoms with van der Waals surface area (Å²) in [6, 6.07) is 0. The molecule has 0 bridgehead atoms. The molecule has 1 N–H and O–H groups in total. The van der Waals surface area contributed by atoms with Gasteiger partial charge in [-0.1, -0.05) is 57.9 Å². The number of ketones is 1. The number of cyclic esters (lactones) is 1. The Labute approximate surface area is 231 Å². The summed E-state index contributed by atoms with van der Waals surface area (Å²) in [7, 11) is 1.51. The summed E-state index contributed by atoms with van der Waals surface area (Å²) in [4.78, 5) is 39.1. The molecule has 39 heavy (non-hydrogen) atoms. The van der Waals surface area contributed by atoms with Crippen LogP contribution in [0.2, 0.25) is 0 Å². The summed E-state index contributed by atoms with van der Waals surface area (Å²) >= 11 is 0. The second kappa shape index (κ2) is 9.00. The third-order valence-electron chi connectivity index (χ3n) is 10.9. The third-order valence-corrected chi connectivity index (χ3v) is 10.9. The first-order valence-electron chi connectivity index (χ1n) is 14.1. The van der Waals surface area contributed by atoms with Gasteiger partial charge in [0.2, 0.25) is 6.29 Å².